The molecule has 2 nitrogen and oxygen atoms in total. The average Bonchev–Trinajstić information content (AvgIpc) is 2.67. The molecule has 1 unspecified atom stereocenters. The van der Waals surface area contributed by atoms with Crippen LogP contribution in [0.1, 0.15) is 38.5 Å². The van der Waals surface area contributed by atoms with Crippen molar-refractivity contribution in [2.24, 2.45) is 11.8 Å². The van der Waals surface area contributed by atoms with Gasteiger partial charge in [-0.05, 0) is 37.2 Å². The third kappa shape index (κ3) is 1.79. The number of hydrogen-bond donors (Lipinski definition) is 0. The Balaban J connectivity index is 1.96. The summed E-state index contributed by atoms with van der Waals surface area (Å²) in [5, 5.41) is 0. The van der Waals surface area contributed by atoms with E-state index in [2.05, 4.69) is 0 Å². The number of ketones is 1. The van der Waals surface area contributed by atoms with Crippen LogP contribution in [0.4, 0.5) is 0 Å². The first-order valence-electron chi connectivity index (χ1n) is 5.48. The molecule has 0 radical (unpaired) electrons. The van der Waals surface area contributed by atoms with Gasteiger partial charge in [-0.25, -0.2) is 0 Å². The van der Waals surface area contributed by atoms with Gasteiger partial charge in [0, 0.05) is 12.3 Å². The zero-order chi connectivity index (χ0) is 9.97. The van der Waals surface area contributed by atoms with E-state index in [1.807, 2.05) is 6.08 Å². The van der Waals surface area contributed by atoms with Gasteiger partial charge in [0.15, 0.2) is 0 Å². The Kier molecular flexibility index (Phi) is 2.80. The molecule has 1 fully saturated rings. The van der Waals surface area contributed by atoms with Gasteiger partial charge in [-0.3, -0.25) is 9.59 Å². The molecule has 2 rings (SSSR count). The van der Waals surface area contributed by atoms with Crippen molar-refractivity contribution in [2.75, 3.05) is 0 Å². The van der Waals surface area contributed by atoms with Crippen LogP contribution in [-0.2, 0) is 9.59 Å². The second kappa shape index (κ2) is 4.07. The van der Waals surface area contributed by atoms with Gasteiger partial charge in [0.2, 0.25) is 0 Å². The number of aldehydes is 1. The monoisotopic (exact) mass is 192 g/mol. The average molecular weight is 192 g/mol. The molecule has 1 saturated carbocycles. The van der Waals surface area contributed by atoms with Crippen molar-refractivity contribution >= 4 is 12.1 Å². The van der Waals surface area contributed by atoms with E-state index in [1.165, 1.54) is 6.42 Å². The molecule has 0 N–H and O–H groups in total. The summed E-state index contributed by atoms with van der Waals surface area (Å²) < 4.78 is 0. The molecule has 2 aliphatic rings. The fourth-order valence-corrected chi connectivity index (χ4v) is 2.68. The number of allylic oxidation sites excluding steroid dienone is 2. The van der Waals surface area contributed by atoms with Gasteiger partial charge in [-0.2, -0.15) is 0 Å². The number of rotatable bonds is 2. The summed E-state index contributed by atoms with van der Waals surface area (Å²) in [5.74, 6) is 1.11. The molecule has 2 heteroatoms. The van der Waals surface area contributed by atoms with E-state index in [-0.39, 0.29) is 5.92 Å². The van der Waals surface area contributed by atoms with Crippen LogP contribution >= 0.6 is 0 Å². The van der Waals surface area contributed by atoms with Crippen molar-refractivity contribution < 1.29 is 9.59 Å². The van der Waals surface area contributed by atoms with E-state index in [0.717, 1.165) is 44.0 Å². The summed E-state index contributed by atoms with van der Waals surface area (Å²) in [5.41, 5.74) is 0.897. The molecular formula is C12H16O2. The van der Waals surface area contributed by atoms with Crippen LogP contribution in [0.3, 0.4) is 0 Å². The molecule has 0 aromatic carbocycles. The molecule has 2 atom stereocenters. The van der Waals surface area contributed by atoms with Crippen molar-refractivity contribution in [1.29, 1.82) is 0 Å². The fraction of sp³-hybridized carbons (Fsp3) is 0.667. The van der Waals surface area contributed by atoms with E-state index < -0.39 is 0 Å². The predicted octanol–water partition coefficient (Wildman–Crippen LogP) is 2.28. The third-order valence-corrected chi connectivity index (χ3v) is 3.50. The van der Waals surface area contributed by atoms with Crippen LogP contribution in [-0.4, -0.2) is 12.1 Å². The molecule has 0 aromatic heterocycles. The van der Waals surface area contributed by atoms with E-state index in [9.17, 15) is 9.59 Å². The normalized spacial score (nSPS) is 32.9. The van der Waals surface area contributed by atoms with E-state index >= 15 is 0 Å². The summed E-state index contributed by atoms with van der Waals surface area (Å²) in [6.45, 7) is 0. The lowest BCUT2D eigenvalue weighted by molar-refractivity contribution is -0.126. The van der Waals surface area contributed by atoms with Crippen molar-refractivity contribution in [3.05, 3.63) is 11.6 Å². The Bertz CT molecular complexity index is 278. The second-order valence-corrected chi connectivity index (χ2v) is 4.42. The molecule has 0 aromatic rings. The largest absolute Gasteiger partial charge is 0.299 e. The van der Waals surface area contributed by atoms with Crippen LogP contribution in [0, 0.1) is 11.8 Å². The Hall–Kier alpha value is -0.920. The maximum Gasteiger partial charge on any atom is 0.145 e. The van der Waals surface area contributed by atoms with Crippen molar-refractivity contribution in [3.63, 3.8) is 0 Å². The number of carbonyl (C=O) groups is 2. The van der Waals surface area contributed by atoms with Gasteiger partial charge in [0.05, 0.1) is 0 Å². The molecule has 76 valence electrons. The lowest BCUT2D eigenvalue weighted by atomic mass is 9.77. The fourth-order valence-electron chi connectivity index (χ4n) is 2.68. The van der Waals surface area contributed by atoms with Crippen LogP contribution < -0.4 is 0 Å². The second-order valence-electron chi connectivity index (χ2n) is 4.42. The van der Waals surface area contributed by atoms with Crippen LogP contribution in [0.25, 0.3) is 0 Å². The standard InChI is InChI=1S/C12H16O2/c13-8-9-5-6-10(7-9)11-3-1-2-4-12(11)14/h5,8,10-11H,1-4,6-7H2/t10-,11?/m1/s1. The quantitative estimate of drug-likeness (QED) is 0.629. The highest BCUT2D eigenvalue weighted by Gasteiger charge is 2.32. The van der Waals surface area contributed by atoms with Gasteiger partial charge < -0.3 is 0 Å². The minimum atomic E-state index is 0.248. The molecule has 0 amide bonds. The summed E-state index contributed by atoms with van der Waals surface area (Å²) in [7, 11) is 0. The zero-order valence-electron chi connectivity index (χ0n) is 8.37. The lowest BCUT2D eigenvalue weighted by Crippen LogP contribution is -2.25. The van der Waals surface area contributed by atoms with Crippen LogP contribution in [0.2, 0.25) is 0 Å². The summed E-state index contributed by atoms with van der Waals surface area (Å²) >= 11 is 0. The van der Waals surface area contributed by atoms with Crippen LogP contribution in [0.5, 0.6) is 0 Å². The Morgan fingerprint density at radius 3 is 2.86 bits per heavy atom. The zero-order valence-corrected chi connectivity index (χ0v) is 8.37. The maximum absolute atomic E-state index is 11.7. The number of hydrogen-bond acceptors (Lipinski definition) is 2. The first-order chi connectivity index (χ1) is 6.81. The summed E-state index contributed by atoms with van der Waals surface area (Å²) in [6.07, 6.45) is 8.76. The van der Waals surface area contributed by atoms with Crippen molar-refractivity contribution in [2.45, 2.75) is 38.5 Å². The minimum absolute atomic E-state index is 0.248. The van der Waals surface area contributed by atoms with E-state index in [1.54, 1.807) is 0 Å². The topological polar surface area (TPSA) is 34.1 Å². The molecule has 0 aliphatic heterocycles. The van der Waals surface area contributed by atoms with Gasteiger partial charge in [-0.1, -0.05) is 12.5 Å². The molecular weight excluding hydrogens is 176 g/mol. The van der Waals surface area contributed by atoms with Gasteiger partial charge in [0.1, 0.15) is 12.1 Å². The van der Waals surface area contributed by atoms with E-state index in [0.29, 0.717) is 11.7 Å². The maximum atomic E-state index is 11.7. The molecule has 0 bridgehead atoms. The Morgan fingerprint density at radius 1 is 1.36 bits per heavy atom. The van der Waals surface area contributed by atoms with Gasteiger partial charge in [-0.15, -0.1) is 0 Å². The predicted molar refractivity (Wildman–Crippen MR) is 53.8 cm³/mol. The van der Waals surface area contributed by atoms with E-state index in [4.69, 9.17) is 0 Å². The third-order valence-electron chi connectivity index (χ3n) is 3.50. The Morgan fingerprint density at radius 2 is 2.21 bits per heavy atom. The Labute approximate surface area is 84.4 Å². The molecule has 0 saturated heterocycles. The number of carbonyl (C=O) groups excluding carboxylic acids is 2. The highest BCUT2D eigenvalue weighted by Crippen LogP contribution is 2.36. The highest BCUT2D eigenvalue weighted by atomic mass is 16.1. The summed E-state index contributed by atoms with van der Waals surface area (Å²) in [6, 6.07) is 0. The SMILES string of the molecule is O=CC1=CC[C@@H](C2CCCCC2=O)C1. The smallest absolute Gasteiger partial charge is 0.145 e. The first-order valence-corrected chi connectivity index (χ1v) is 5.48. The minimum Gasteiger partial charge on any atom is -0.299 e. The molecule has 0 spiro atoms. The molecule has 0 heterocycles. The highest BCUT2D eigenvalue weighted by molar-refractivity contribution is 5.82. The van der Waals surface area contributed by atoms with Gasteiger partial charge >= 0.3 is 0 Å². The molecule has 2 aliphatic carbocycles. The van der Waals surface area contributed by atoms with Gasteiger partial charge in [0.25, 0.3) is 0 Å². The first kappa shape index (κ1) is 9.63. The van der Waals surface area contributed by atoms with Crippen molar-refractivity contribution in [1.82, 2.24) is 0 Å². The van der Waals surface area contributed by atoms with Crippen LogP contribution in [0.15, 0.2) is 11.6 Å². The molecule has 14 heavy (non-hydrogen) atoms. The van der Waals surface area contributed by atoms with Crippen molar-refractivity contribution in [3.8, 4) is 0 Å². The lowest BCUT2D eigenvalue weighted by Gasteiger charge is -2.25. The summed E-state index contributed by atoms with van der Waals surface area (Å²) in [4.78, 5) is 22.2. The number of Topliss-reactive ketones (excluding diaryl/α,β-unsaturated/α-hetero) is 1.